The number of fused-ring (bicyclic) bond motifs is 1. The lowest BCUT2D eigenvalue weighted by atomic mass is 10.1. The van der Waals surface area contributed by atoms with Crippen LogP contribution in [0.15, 0.2) is 48.5 Å². The molecule has 0 aliphatic rings. The molecule has 0 atom stereocenters. The summed E-state index contributed by atoms with van der Waals surface area (Å²) in [6, 6.07) is 16.1. The number of nitrogens with zero attached hydrogens (tertiary/aromatic N) is 2. The van der Waals surface area contributed by atoms with Gasteiger partial charge in [-0.25, -0.2) is 4.98 Å². The summed E-state index contributed by atoms with van der Waals surface area (Å²) < 4.78 is 6.99. The van der Waals surface area contributed by atoms with Crippen molar-refractivity contribution in [3.8, 4) is 11.4 Å². The smallest absolute Gasteiger partial charge is 0.240 e. The second-order valence-corrected chi connectivity index (χ2v) is 6.07. The van der Waals surface area contributed by atoms with Crippen molar-refractivity contribution in [3.05, 3.63) is 54.1 Å². The Balaban J connectivity index is 1.88. The number of aryl methyl sites for hydroxylation is 1. The van der Waals surface area contributed by atoms with Crippen LogP contribution in [0.1, 0.15) is 12.0 Å². The van der Waals surface area contributed by atoms with Crippen molar-refractivity contribution in [2.45, 2.75) is 19.9 Å². The van der Waals surface area contributed by atoms with Gasteiger partial charge in [-0.2, -0.15) is 0 Å². The monoisotopic (exact) mass is 337 g/mol. The fourth-order valence-corrected chi connectivity index (χ4v) is 2.80. The summed E-state index contributed by atoms with van der Waals surface area (Å²) in [7, 11) is 1.66. The molecule has 0 radical (unpaired) electrons. The number of amides is 1. The van der Waals surface area contributed by atoms with Crippen LogP contribution in [0.3, 0.4) is 0 Å². The Bertz CT molecular complexity index is 853. The predicted molar refractivity (Wildman–Crippen MR) is 99.4 cm³/mol. The van der Waals surface area contributed by atoms with Gasteiger partial charge in [0, 0.05) is 25.8 Å². The van der Waals surface area contributed by atoms with Crippen LogP contribution in [0.2, 0.25) is 0 Å². The van der Waals surface area contributed by atoms with E-state index in [1.807, 2.05) is 41.0 Å². The standard InChI is InChI=1S/C20H23N3O2/c1-15-8-10-16(11-9-15)20-22-17-6-3-4-7-18(17)23(20)14-19(24)21-12-5-13-25-2/h3-4,6-11H,5,12-14H2,1-2H3,(H,21,24). The number of nitrogens with one attached hydrogen (secondary N) is 1. The van der Waals surface area contributed by atoms with E-state index in [0.717, 1.165) is 28.8 Å². The highest BCUT2D eigenvalue weighted by molar-refractivity contribution is 5.84. The first kappa shape index (κ1) is 17.2. The Labute approximate surface area is 147 Å². The molecule has 3 aromatic rings. The van der Waals surface area contributed by atoms with Crippen LogP contribution in [-0.4, -0.2) is 35.7 Å². The maximum Gasteiger partial charge on any atom is 0.240 e. The van der Waals surface area contributed by atoms with Crippen molar-refractivity contribution in [2.75, 3.05) is 20.3 Å². The van der Waals surface area contributed by atoms with Crippen molar-refractivity contribution in [3.63, 3.8) is 0 Å². The minimum atomic E-state index is -0.0207. The van der Waals surface area contributed by atoms with Crippen LogP contribution in [-0.2, 0) is 16.1 Å². The fraction of sp³-hybridized carbons (Fsp3) is 0.300. The molecule has 5 heteroatoms. The molecule has 3 rings (SSSR count). The molecular formula is C20H23N3O2. The maximum atomic E-state index is 12.4. The van der Waals surface area contributed by atoms with Crippen molar-refractivity contribution in [1.82, 2.24) is 14.9 Å². The van der Waals surface area contributed by atoms with E-state index in [2.05, 4.69) is 24.4 Å². The molecule has 1 heterocycles. The Morgan fingerprint density at radius 3 is 2.68 bits per heavy atom. The highest BCUT2D eigenvalue weighted by Crippen LogP contribution is 2.25. The van der Waals surface area contributed by atoms with E-state index < -0.39 is 0 Å². The zero-order valence-corrected chi connectivity index (χ0v) is 14.7. The molecule has 0 saturated heterocycles. The van der Waals surface area contributed by atoms with Gasteiger partial charge < -0.3 is 14.6 Å². The van der Waals surface area contributed by atoms with Gasteiger partial charge in [0.2, 0.25) is 5.91 Å². The molecular weight excluding hydrogens is 314 g/mol. The summed E-state index contributed by atoms with van der Waals surface area (Å²) in [5.41, 5.74) is 4.06. The van der Waals surface area contributed by atoms with Gasteiger partial charge in [-0.1, -0.05) is 42.0 Å². The molecule has 0 aliphatic carbocycles. The second kappa shape index (κ2) is 7.94. The molecule has 130 valence electrons. The van der Waals surface area contributed by atoms with Gasteiger partial charge in [0.05, 0.1) is 11.0 Å². The molecule has 25 heavy (non-hydrogen) atoms. The zero-order valence-electron chi connectivity index (χ0n) is 14.7. The number of benzene rings is 2. The largest absolute Gasteiger partial charge is 0.385 e. The van der Waals surface area contributed by atoms with E-state index in [-0.39, 0.29) is 12.5 Å². The van der Waals surface area contributed by atoms with Gasteiger partial charge in [-0.05, 0) is 25.5 Å². The number of rotatable bonds is 7. The summed E-state index contributed by atoms with van der Waals surface area (Å²) in [6.45, 7) is 3.55. The number of ether oxygens (including phenoxy) is 1. The summed E-state index contributed by atoms with van der Waals surface area (Å²) in [4.78, 5) is 17.1. The number of methoxy groups -OCH3 is 1. The van der Waals surface area contributed by atoms with Gasteiger partial charge in [0.25, 0.3) is 0 Å². The van der Waals surface area contributed by atoms with E-state index in [1.54, 1.807) is 7.11 Å². The first-order valence-corrected chi connectivity index (χ1v) is 8.47. The molecule has 1 amide bonds. The van der Waals surface area contributed by atoms with E-state index >= 15 is 0 Å². The van der Waals surface area contributed by atoms with E-state index in [9.17, 15) is 4.79 Å². The molecule has 1 N–H and O–H groups in total. The quantitative estimate of drug-likeness (QED) is 0.674. The molecule has 1 aromatic heterocycles. The van der Waals surface area contributed by atoms with Crippen LogP contribution in [0.4, 0.5) is 0 Å². The van der Waals surface area contributed by atoms with Crippen LogP contribution in [0, 0.1) is 6.92 Å². The Morgan fingerprint density at radius 2 is 1.92 bits per heavy atom. The van der Waals surface area contributed by atoms with Crippen molar-refractivity contribution in [2.24, 2.45) is 0 Å². The normalized spacial score (nSPS) is 11.0. The fourth-order valence-electron chi connectivity index (χ4n) is 2.80. The minimum absolute atomic E-state index is 0.0207. The predicted octanol–water partition coefficient (Wildman–Crippen LogP) is 3.16. The van der Waals surface area contributed by atoms with Gasteiger partial charge in [-0.3, -0.25) is 4.79 Å². The number of hydrogen-bond donors (Lipinski definition) is 1. The second-order valence-electron chi connectivity index (χ2n) is 6.07. The van der Waals surface area contributed by atoms with Crippen LogP contribution >= 0.6 is 0 Å². The van der Waals surface area contributed by atoms with Crippen LogP contribution in [0.5, 0.6) is 0 Å². The highest BCUT2D eigenvalue weighted by Gasteiger charge is 2.14. The van der Waals surface area contributed by atoms with E-state index in [4.69, 9.17) is 9.72 Å². The Hall–Kier alpha value is -2.66. The average molecular weight is 337 g/mol. The molecule has 0 aliphatic heterocycles. The molecule has 5 nitrogen and oxygen atoms in total. The first-order chi connectivity index (χ1) is 12.2. The maximum absolute atomic E-state index is 12.4. The van der Waals surface area contributed by atoms with E-state index in [0.29, 0.717) is 13.2 Å². The number of imidazole rings is 1. The number of para-hydroxylation sites is 2. The van der Waals surface area contributed by atoms with Crippen LogP contribution in [0.25, 0.3) is 22.4 Å². The van der Waals surface area contributed by atoms with Gasteiger partial charge in [0.1, 0.15) is 12.4 Å². The lowest BCUT2D eigenvalue weighted by Crippen LogP contribution is -2.29. The topological polar surface area (TPSA) is 56.1 Å². The Morgan fingerprint density at radius 1 is 1.16 bits per heavy atom. The van der Waals surface area contributed by atoms with Crippen molar-refractivity contribution >= 4 is 16.9 Å². The molecule has 2 aromatic carbocycles. The highest BCUT2D eigenvalue weighted by atomic mass is 16.5. The third kappa shape index (κ3) is 4.06. The van der Waals surface area contributed by atoms with Crippen molar-refractivity contribution in [1.29, 1.82) is 0 Å². The number of hydrogen-bond acceptors (Lipinski definition) is 3. The van der Waals surface area contributed by atoms with Crippen LogP contribution < -0.4 is 5.32 Å². The molecule has 0 saturated carbocycles. The molecule has 0 spiro atoms. The molecule has 0 fully saturated rings. The Kier molecular flexibility index (Phi) is 5.46. The summed E-state index contributed by atoms with van der Waals surface area (Å²) >= 11 is 0. The van der Waals surface area contributed by atoms with E-state index in [1.165, 1.54) is 5.56 Å². The molecule has 0 bridgehead atoms. The lowest BCUT2D eigenvalue weighted by Gasteiger charge is -2.10. The average Bonchev–Trinajstić information content (AvgIpc) is 2.98. The SMILES string of the molecule is COCCCNC(=O)Cn1c(-c2ccc(C)cc2)nc2ccccc21. The summed E-state index contributed by atoms with van der Waals surface area (Å²) in [6.07, 6.45) is 0.803. The lowest BCUT2D eigenvalue weighted by molar-refractivity contribution is -0.121. The van der Waals surface area contributed by atoms with Gasteiger partial charge in [-0.15, -0.1) is 0 Å². The zero-order chi connectivity index (χ0) is 17.6. The summed E-state index contributed by atoms with van der Waals surface area (Å²) in [5.74, 6) is 0.792. The molecule has 0 unspecified atom stereocenters. The number of aromatic nitrogens is 2. The van der Waals surface area contributed by atoms with Gasteiger partial charge >= 0.3 is 0 Å². The first-order valence-electron chi connectivity index (χ1n) is 8.47. The minimum Gasteiger partial charge on any atom is -0.385 e. The van der Waals surface area contributed by atoms with Crippen molar-refractivity contribution < 1.29 is 9.53 Å². The van der Waals surface area contributed by atoms with Gasteiger partial charge in [0.15, 0.2) is 0 Å². The number of carbonyl (C=O) groups is 1. The third-order valence-corrected chi connectivity index (χ3v) is 4.11. The third-order valence-electron chi connectivity index (χ3n) is 4.11. The number of carbonyl (C=O) groups excluding carboxylic acids is 1. The summed E-state index contributed by atoms with van der Waals surface area (Å²) in [5, 5.41) is 2.94.